The summed E-state index contributed by atoms with van der Waals surface area (Å²) in [7, 11) is 0. The number of hydrogen-bond donors (Lipinski definition) is 0. The molecule has 1 aromatic carbocycles. The zero-order valence-electron chi connectivity index (χ0n) is 14.4. The minimum atomic E-state index is -0.282. The van der Waals surface area contributed by atoms with E-state index in [1.165, 1.54) is 11.8 Å². The van der Waals surface area contributed by atoms with Crippen LogP contribution in [0.25, 0.3) is 10.9 Å². The van der Waals surface area contributed by atoms with Gasteiger partial charge >= 0.3 is 0 Å². The van der Waals surface area contributed by atoms with Gasteiger partial charge in [0.25, 0.3) is 5.56 Å². The van der Waals surface area contributed by atoms with Gasteiger partial charge in [-0.25, -0.2) is 4.98 Å². The van der Waals surface area contributed by atoms with Crippen molar-refractivity contribution in [3.63, 3.8) is 0 Å². The molecule has 1 heterocycles. The van der Waals surface area contributed by atoms with Crippen LogP contribution in [0.15, 0.2) is 28.2 Å². The normalized spacial score (nSPS) is 12.4. The first kappa shape index (κ1) is 19.2. The summed E-state index contributed by atoms with van der Waals surface area (Å²) in [5.41, 5.74) is 0.626. The lowest BCUT2D eigenvalue weighted by molar-refractivity contribution is -0.129. The molecule has 130 valence electrons. The lowest BCUT2D eigenvalue weighted by Gasteiger charge is -2.23. The van der Waals surface area contributed by atoms with Crippen molar-refractivity contribution in [2.24, 2.45) is 0 Å². The Kier molecular flexibility index (Phi) is 6.68. The van der Waals surface area contributed by atoms with Crippen LogP contribution in [0.5, 0.6) is 0 Å². The van der Waals surface area contributed by atoms with Gasteiger partial charge in [0, 0.05) is 23.2 Å². The van der Waals surface area contributed by atoms with Crippen LogP contribution in [0.2, 0.25) is 0 Å². The van der Waals surface area contributed by atoms with Crippen LogP contribution >= 0.6 is 34.4 Å². The third-order valence-corrected chi connectivity index (χ3v) is 5.65. The highest BCUT2D eigenvalue weighted by molar-refractivity contribution is 14.1. The predicted octanol–water partition coefficient (Wildman–Crippen LogP) is 3.37. The molecule has 0 aliphatic heterocycles. The summed E-state index contributed by atoms with van der Waals surface area (Å²) in [4.78, 5) is 31.7. The predicted molar refractivity (Wildman–Crippen MR) is 108 cm³/mol. The Balaban J connectivity index is 2.43. The van der Waals surface area contributed by atoms with Gasteiger partial charge in [-0.3, -0.25) is 14.2 Å². The molecule has 1 aromatic heterocycles. The molecular formula is C17H22IN3O2S. The van der Waals surface area contributed by atoms with Crippen LogP contribution in [-0.2, 0) is 11.3 Å². The fourth-order valence-corrected chi connectivity index (χ4v) is 4.09. The fourth-order valence-electron chi connectivity index (χ4n) is 2.54. The van der Waals surface area contributed by atoms with E-state index in [1.807, 2.05) is 45.9 Å². The van der Waals surface area contributed by atoms with Gasteiger partial charge in [-0.1, -0.05) is 11.8 Å². The molecule has 5 nitrogen and oxygen atoms in total. The maximum atomic E-state index is 12.7. The Hall–Kier alpha value is -1.09. The van der Waals surface area contributed by atoms with E-state index in [9.17, 15) is 9.59 Å². The number of halogens is 1. The number of amides is 1. The lowest BCUT2D eigenvalue weighted by atomic mass is 10.2. The Morgan fingerprint density at radius 1 is 1.33 bits per heavy atom. The van der Waals surface area contributed by atoms with Crippen molar-refractivity contribution in [1.29, 1.82) is 0 Å². The van der Waals surface area contributed by atoms with Gasteiger partial charge < -0.3 is 4.90 Å². The third-order valence-electron chi connectivity index (χ3n) is 3.90. The fraction of sp³-hybridized carbons (Fsp3) is 0.471. The summed E-state index contributed by atoms with van der Waals surface area (Å²) in [5, 5.41) is 0.941. The minimum absolute atomic E-state index is 0.0500. The van der Waals surface area contributed by atoms with E-state index in [4.69, 9.17) is 0 Å². The van der Waals surface area contributed by atoms with E-state index in [2.05, 4.69) is 27.6 Å². The number of aromatic nitrogens is 2. The molecule has 2 rings (SSSR count). The van der Waals surface area contributed by atoms with Crippen LogP contribution in [0.3, 0.4) is 0 Å². The van der Waals surface area contributed by atoms with Gasteiger partial charge in [0.15, 0.2) is 5.16 Å². The maximum Gasteiger partial charge on any atom is 0.262 e. The first-order valence-corrected chi connectivity index (χ1v) is 10.0. The number of carbonyl (C=O) groups excluding carboxylic acids is 1. The van der Waals surface area contributed by atoms with Crippen LogP contribution in [-0.4, -0.2) is 38.7 Å². The average molecular weight is 459 g/mol. The zero-order chi connectivity index (χ0) is 17.9. The molecule has 0 aliphatic carbocycles. The Morgan fingerprint density at radius 3 is 2.58 bits per heavy atom. The molecule has 0 aliphatic rings. The molecule has 1 amide bonds. The molecule has 7 heteroatoms. The largest absolute Gasteiger partial charge is 0.342 e. The third kappa shape index (κ3) is 3.93. The highest BCUT2D eigenvalue weighted by atomic mass is 127. The van der Waals surface area contributed by atoms with Crippen molar-refractivity contribution in [2.45, 2.75) is 44.6 Å². The van der Waals surface area contributed by atoms with Crippen molar-refractivity contribution in [1.82, 2.24) is 14.5 Å². The number of thioether (sulfide) groups is 1. The summed E-state index contributed by atoms with van der Waals surface area (Å²) in [6, 6.07) is 5.65. The van der Waals surface area contributed by atoms with Gasteiger partial charge in [-0.15, -0.1) is 0 Å². The lowest BCUT2D eigenvalue weighted by Crippen LogP contribution is -2.36. The molecule has 1 unspecified atom stereocenters. The standard InChI is InChI=1S/C17H22IN3O2S/c1-5-20(6-2)15(22)11(4)24-17-19-14-9-8-12(18)10-13(14)16(23)21(17)7-3/h8-11H,5-7H2,1-4H3. The van der Waals surface area contributed by atoms with E-state index in [0.29, 0.717) is 35.7 Å². The van der Waals surface area contributed by atoms with Gasteiger partial charge in [0.05, 0.1) is 16.2 Å². The zero-order valence-corrected chi connectivity index (χ0v) is 17.3. The first-order chi connectivity index (χ1) is 11.4. The van der Waals surface area contributed by atoms with Crippen LogP contribution in [0.4, 0.5) is 0 Å². The molecular weight excluding hydrogens is 437 g/mol. The smallest absolute Gasteiger partial charge is 0.262 e. The molecule has 0 N–H and O–H groups in total. The van der Waals surface area contributed by atoms with Crippen molar-refractivity contribution in [2.75, 3.05) is 13.1 Å². The van der Waals surface area contributed by atoms with E-state index >= 15 is 0 Å². The number of carbonyl (C=O) groups is 1. The Bertz CT molecular complexity index is 802. The average Bonchev–Trinajstić information content (AvgIpc) is 2.57. The summed E-state index contributed by atoms with van der Waals surface area (Å²) in [6.45, 7) is 9.63. The van der Waals surface area contributed by atoms with E-state index in [0.717, 1.165) is 3.57 Å². The number of benzene rings is 1. The maximum absolute atomic E-state index is 12.7. The topological polar surface area (TPSA) is 55.2 Å². The molecule has 0 saturated heterocycles. The molecule has 2 aromatic rings. The number of hydrogen-bond acceptors (Lipinski definition) is 4. The van der Waals surface area contributed by atoms with Crippen LogP contribution in [0, 0.1) is 3.57 Å². The van der Waals surface area contributed by atoms with Crippen molar-refractivity contribution < 1.29 is 4.79 Å². The molecule has 0 spiro atoms. The highest BCUT2D eigenvalue weighted by Crippen LogP contribution is 2.24. The van der Waals surface area contributed by atoms with Gasteiger partial charge in [-0.2, -0.15) is 0 Å². The van der Waals surface area contributed by atoms with Crippen molar-refractivity contribution >= 4 is 51.2 Å². The van der Waals surface area contributed by atoms with Gasteiger partial charge in [-0.05, 0) is 68.5 Å². The number of fused-ring (bicyclic) bond motifs is 1. The molecule has 1 atom stereocenters. The molecule has 0 saturated carbocycles. The molecule has 0 radical (unpaired) electrons. The Labute approximate surface area is 160 Å². The summed E-state index contributed by atoms with van der Waals surface area (Å²) < 4.78 is 2.65. The quantitative estimate of drug-likeness (QED) is 0.378. The molecule has 0 bridgehead atoms. The molecule has 24 heavy (non-hydrogen) atoms. The van der Waals surface area contributed by atoms with Crippen molar-refractivity contribution in [3.8, 4) is 0 Å². The summed E-state index contributed by atoms with van der Waals surface area (Å²) >= 11 is 3.54. The molecule has 0 fully saturated rings. The second-order valence-electron chi connectivity index (χ2n) is 5.38. The van der Waals surface area contributed by atoms with E-state index in [-0.39, 0.29) is 16.7 Å². The van der Waals surface area contributed by atoms with E-state index in [1.54, 1.807) is 9.47 Å². The van der Waals surface area contributed by atoms with Crippen LogP contribution in [0.1, 0.15) is 27.7 Å². The van der Waals surface area contributed by atoms with Crippen LogP contribution < -0.4 is 5.56 Å². The second kappa shape index (κ2) is 8.33. The summed E-state index contributed by atoms with van der Waals surface area (Å²) in [5.74, 6) is 0.0737. The second-order valence-corrected chi connectivity index (χ2v) is 7.93. The Morgan fingerprint density at radius 2 is 2.00 bits per heavy atom. The highest BCUT2D eigenvalue weighted by Gasteiger charge is 2.22. The first-order valence-electron chi connectivity index (χ1n) is 8.08. The number of nitrogens with zero attached hydrogens (tertiary/aromatic N) is 3. The SMILES string of the molecule is CCN(CC)C(=O)C(C)Sc1nc2ccc(I)cc2c(=O)n1CC. The number of rotatable bonds is 6. The summed E-state index contributed by atoms with van der Waals surface area (Å²) in [6.07, 6.45) is 0. The monoisotopic (exact) mass is 459 g/mol. The minimum Gasteiger partial charge on any atom is -0.342 e. The van der Waals surface area contributed by atoms with Gasteiger partial charge in [0.1, 0.15) is 0 Å². The van der Waals surface area contributed by atoms with E-state index < -0.39 is 0 Å². The van der Waals surface area contributed by atoms with Crippen molar-refractivity contribution in [3.05, 3.63) is 32.1 Å². The van der Waals surface area contributed by atoms with Gasteiger partial charge in [0.2, 0.25) is 5.91 Å².